The minimum absolute atomic E-state index is 0. The maximum absolute atomic E-state index is 12.7. The van der Waals surface area contributed by atoms with Crippen molar-refractivity contribution < 1.29 is 9.59 Å². The Morgan fingerprint density at radius 2 is 1.80 bits per heavy atom. The summed E-state index contributed by atoms with van der Waals surface area (Å²) in [4.78, 5) is 26.4. The first-order valence-electron chi connectivity index (χ1n) is 7.24. The second-order valence-corrected chi connectivity index (χ2v) is 5.32. The van der Waals surface area contributed by atoms with Crippen LogP contribution in [0, 0.1) is 0 Å². The van der Waals surface area contributed by atoms with Crippen molar-refractivity contribution in [1.29, 1.82) is 0 Å². The maximum atomic E-state index is 12.7. The standard InChI is InChI=1S/C13H24N4O2.ClH/c1-2-15-12(19)16-13(5-3-4-6-13)11(18)17-9-7-14-8-10-17;/h14H,2-10H2,1H3,(H2,15,16,19);1H. The summed E-state index contributed by atoms with van der Waals surface area (Å²) in [6.07, 6.45) is 3.52. The summed E-state index contributed by atoms with van der Waals surface area (Å²) in [5.74, 6) is 0.0951. The number of carbonyl (C=O) groups excluding carboxylic acids is 2. The Morgan fingerprint density at radius 1 is 1.20 bits per heavy atom. The van der Waals surface area contributed by atoms with Gasteiger partial charge in [0.05, 0.1) is 0 Å². The predicted octanol–water partition coefficient (Wildman–Crippen LogP) is 0.472. The van der Waals surface area contributed by atoms with Gasteiger partial charge in [0.2, 0.25) is 5.91 Å². The molecule has 1 saturated carbocycles. The third kappa shape index (κ3) is 3.76. The topological polar surface area (TPSA) is 73.5 Å². The van der Waals surface area contributed by atoms with E-state index in [1.165, 1.54) is 0 Å². The molecule has 116 valence electrons. The van der Waals surface area contributed by atoms with Gasteiger partial charge < -0.3 is 20.9 Å². The molecule has 1 aliphatic carbocycles. The van der Waals surface area contributed by atoms with Gasteiger partial charge in [0.1, 0.15) is 5.54 Å². The van der Waals surface area contributed by atoms with E-state index in [1.807, 2.05) is 11.8 Å². The molecule has 0 radical (unpaired) electrons. The monoisotopic (exact) mass is 304 g/mol. The number of piperazine rings is 1. The summed E-state index contributed by atoms with van der Waals surface area (Å²) in [5, 5.41) is 8.89. The number of carbonyl (C=O) groups is 2. The number of urea groups is 1. The third-order valence-corrected chi connectivity index (χ3v) is 3.96. The fourth-order valence-corrected chi connectivity index (χ4v) is 2.96. The Hall–Kier alpha value is -1.01. The predicted molar refractivity (Wildman–Crippen MR) is 80.1 cm³/mol. The van der Waals surface area contributed by atoms with Crippen molar-refractivity contribution >= 4 is 24.3 Å². The van der Waals surface area contributed by atoms with Crippen molar-refractivity contribution in [2.24, 2.45) is 0 Å². The van der Waals surface area contributed by atoms with E-state index in [0.29, 0.717) is 6.54 Å². The second-order valence-electron chi connectivity index (χ2n) is 5.32. The molecule has 0 aromatic carbocycles. The Morgan fingerprint density at radius 3 is 2.35 bits per heavy atom. The van der Waals surface area contributed by atoms with Gasteiger partial charge >= 0.3 is 6.03 Å². The minimum atomic E-state index is -0.670. The molecule has 3 amide bonds. The highest BCUT2D eigenvalue weighted by atomic mass is 35.5. The van der Waals surface area contributed by atoms with Crippen LogP contribution in [0.1, 0.15) is 32.6 Å². The van der Waals surface area contributed by atoms with Gasteiger partial charge in [-0.05, 0) is 19.8 Å². The number of hydrogen-bond donors (Lipinski definition) is 3. The maximum Gasteiger partial charge on any atom is 0.315 e. The zero-order valence-corrected chi connectivity index (χ0v) is 12.9. The lowest BCUT2D eigenvalue weighted by atomic mass is 9.95. The summed E-state index contributed by atoms with van der Waals surface area (Å²) >= 11 is 0. The first kappa shape index (κ1) is 17.0. The average molecular weight is 305 g/mol. The van der Waals surface area contributed by atoms with Gasteiger partial charge in [0.25, 0.3) is 0 Å². The van der Waals surface area contributed by atoms with E-state index < -0.39 is 5.54 Å². The molecule has 2 aliphatic rings. The SMILES string of the molecule is CCNC(=O)NC1(C(=O)N2CCNCC2)CCCC1.Cl. The molecule has 0 aromatic heterocycles. The van der Waals surface area contributed by atoms with Gasteiger partial charge in [-0.2, -0.15) is 0 Å². The van der Waals surface area contributed by atoms with Crippen molar-refractivity contribution in [3.05, 3.63) is 0 Å². The van der Waals surface area contributed by atoms with E-state index in [-0.39, 0.29) is 24.3 Å². The van der Waals surface area contributed by atoms with Crippen LogP contribution in [-0.4, -0.2) is 55.1 Å². The number of halogens is 1. The van der Waals surface area contributed by atoms with Crippen molar-refractivity contribution in [2.45, 2.75) is 38.1 Å². The number of amides is 3. The van der Waals surface area contributed by atoms with E-state index in [1.54, 1.807) is 0 Å². The molecule has 0 unspecified atom stereocenters. The number of hydrogen-bond acceptors (Lipinski definition) is 3. The van der Waals surface area contributed by atoms with Crippen LogP contribution < -0.4 is 16.0 Å². The van der Waals surface area contributed by atoms with Gasteiger partial charge in [0.15, 0.2) is 0 Å². The van der Waals surface area contributed by atoms with Gasteiger partial charge in [0, 0.05) is 32.7 Å². The van der Waals surface area contributed by atoms with Crippen molar-refractivity contribution in [2.75, 3.05) is 32.7 Å². The van der Waals surface area contributed by atoms with Crippen molar-refractivity contribution in [1.82, 2.24) is 20.9 Å². The number of nitrogens with one attached hydrogen (secondary N) is 3. The largest absolute Gasteiger partial charge is 0.338 e. The Labute approximate surface area is 126 Å². The second kappa shape index (κ2) is 7.69. The van der Waals surface area contributed by atoms with Crippen LogP contribution in [0.3, 0.4) is 0 Å². The van der Waals surface area contributed by atoms with Crippen LogP contribution >= 0.6 is 12.4 Å². The van der Waals surface area contributed by atoms with Crippen molar-refractivity contribution in [3.63, 3.8) is 0 Å². The van der Waals surface area contributed by atoms with Gasteiger partial charge in [-0.3, -0.25) is 4.79 Å². The molecule has 1 aliphatic heterocycles. The molecule has 0 bridgehead atoms. The van der Waals surface area contributed by atoms with E-state index in [4.69, 9.17) is 0 Å². The first-order chi connectivity index (χ1) is 9.18. The minimum Gasteiger partial charge on any atom is -0.338 e. The summed E-state index contributed by atoms with van der Waals surface area (Å²) in [6.45, 7) is 5.59. The fraction of sp³-hybridized carbons (Fsp3) is 0.846. The normalized spacial score (nSPS) is 20.9. The van der Waals surface area contributed by atoms with Crippen LogP contribution in [0.15, 0.2) is 0 Å². The van der Waals surface area contributed by atoms with Crippen LogP contribution in [0.4, 0.5) is 4.79 Å². The quantitative estimate of drug-likeness (QED) is 0.710. The van der Waals surface area contributed by atoms with Crippen LogP contribution in [-0.2, 0) is 4.79 Å². The lowest BCUT2D eigenvalue weighted by Gasteiger charge is -2.37. The highest BCUT2D eigenvalue weighted by molar-refractivity contribution is 5.91. The molecular weight excluding hydrogens is 280 g/mol. The zero-order valence-electron chi connectivity index (χ0n) is 12.0. The zero-order chi connectivity index (χ0) is 13.7. The van der Waals surface area contributed by atoms with Gasteiger partial charge in [-0.25, -0.2) is 4.79 Å². The first-order valence-corrected chi connectivity index (χ1v) is 7.24. The lowest BCUT2D eigenvalue weighted by Crippen LogP contribution is -2.62. The van der Waals surface area contributed by atoms with Crippen LogP contribution in [0.5, 0.6) is 0 Å². The summed E-state index contributed by atoms with van der Waals surface area (Å²) in [5.41, 5.74) is -0.670. The molecule has 0 atom stereocenters. The molecule has 6 nitrogen and oxygen atoms in total. The fourth-order valence-electron chi connectivity index (χ4n) is 2.96. The molecular formula is C13H25ClN4O2. The molecule has 3 N–H and O–H groups in total. The molecule has 0 aromatic rings. The van der Waals surface area contributed by atoms with Crippen LogP contribution in [0.2, 0.25) is 0 Å². The van der Waals surface area contributed by atoms with Crippen LogP contribution in [0.25, 0.3) is 0 Å². The Balaban J connectivity index is 0.00000200. The molecule has 7 heteroatoms. The number of nitrogens with zero attached hydrogens (tertiary/aromatic N) is 1. The summed E-state index contributed by atoms with van der Waals surface area (Å²) in [6, 6.07) is -0.229. The molecule has 20 heavy (non-hydrogen) atoms. The molecule has 0 spiro atoms. The molecule has 1 saturated heterocycles. The smallest absolute Gasteiger partial charge is 0.315 e. The number of rotatable bonds is 3. The summed E-state index contributed by atoms with van der Waals surface area (Å²) in [7, 11) is 0. The highest BCUT2D eigenvalue weighted by Gasteiger charge is 2.44. The average Bonchev–Trinajstić information content (AvgIpc) is 2.89. The Bertz CT molecular complexity index is 339. The van der Waals surface area contributed by atoms with Gasteiger partial charge in [-0.15, -0.1) is 12.4 Å². The third-order valence-electron chi connectivity index (χ3n) is 3.96. The Kier molecular flexibility index (Phi) is 6.55. The van der Waals surface area contributed by atoms with E-state index >= 15 is 0 Å². The van der Waals surface area contributed by atoms with E-state index in [0.717, 1.165) is 51.9 Å². The molecule has 2 rings (SSSR count). The van der Waals surface area contributed by atoms with E-state index in [9.17, 15) is 9.59 Å². The molecule has 2 fully saturated rings. The molecule has 1 heterocycles. The highest BCUT2D eigenvalue weighted by Crippen LogP contribution is 2.31. The van der Waals surface area contributed by atoms with Crippen molar-refractivity contribution in [3.8, 4) is 0 Å². The summed E-state index contributed by atoms with van der Waals surface area (Å²) < 4.78 is 0. The lowest BCUT2D eigenvalue weighted by molar-refractivity contribution is -0.138. The van der Waals surface area contributed by atoms with E-state index in [2.05, 4.69) is 16.0 Å². The van der Waals surface area contributed by atoms with Gasteiger partial charge in [-0.1, -0.05) is 12.8 Å².